The van der Waals surface area contributed by atoms with Crippen LogP contribution in [0.2, 0.25) is 0 Å². The second-order valence-corrected chi connectivity index (χ2v) is 6.56. The maximum absolute atomic E-state index is 9.39. The lowest BCUT2D eigenvalue weighted by atomic mass is 9.91. The molecule has 1 atom stereocenters. The fraction of sp³-hybridized carbons (Fsp3) is 0.550. The van der Waals surface area contributed by atoms with Crippen LogP contribution in [0.5, 0.6) is 5.75 Å². The smallest absolute Gasteiger partial charge is 0.147 e. The van der Waals surface area contributed by atoms with Gasteiger partial charge in [0.1, 0.15) is 17.2 Å². The van der Waals surface area contributed by atoms with Crippen LogP contribution in [0.1, 0.15) is 50.5 Å². The molecular weight excluding hydrogens is 318 g/mol. The third kappa shape index (κ3) is 4.54. The summed E-state index contributed by atoms with van der Waals surface area (Å²) in [6, 6.07) is 7.95. The average molecular weight is 345 g/mol. The van der Waals surface area contributed by atoms with E-state index in [0.717, 1.165) is 67.8 Å². The van der Waals surface area contributed by atoms with Crippen LogP contribution < -0.4 is 4.74 Å². The van der Waals surface area contributed by atoms with E-state index in [9.17, 15) is 5.21 Å². The number of ether oxygens (including phenoxy) is 3. The van der Waals surface area contributed by atoms with Crippen LogP contribution in [0, 0.1) is 0 Å². The number of nitrogens with zero attached hydrogens (tertiary/aromatic N) is 1. The zero-order valence-corrected chi connectivity index (χ0v) is 14.9. The minimum absolute atomic E-state index is 0.289. The summed E-state index contributed by atoms with van der Waals surface area (Å²) in [6.45, 7) is 1.44. The number of methoxy groups -OCH3 is 1. The molecule has 5 heteroatoms. The highest BCUT2D eigenvalue weighted by Gasteiger charge is 2.23. The third-order valence-corrected chi connectivity index (χ3v) is 4.90. The van der Waals surface area contributed by atoms with Gasteiger partial charge in [0.2, 0.25) is 0 Å². The standard InChI is InChI=1S/C20H27NO4/c1-23-16-10-8-15(9-11-16)18-6-4-7-19(21-22)20(18)25-14-12-17-5-2-3-13-24-17/h8-11,17,22H,2-7,12-14H2,1H3/b21-19+. The van der Waals surface area contributed by atoms with Crippen molar-refractivity contribution in [2.45, 2.75) is 51.0 Å². The molecule has 1 aromatic carbocycles. The van der Waals surface area contributed by atoms with Crippen LogP contribution in [-0.4, -0.2) is 37.3 Å². The van der Waals surface area contributed by atoms with Gasteiger partial charge in [-0.2, -0.15) is 0 Å². The molecule has 3 rings (SSSR count). The molecule has 1 fully saturated rings. The van der Waals surface area contributed by atoms with Gasteiger partial charge in [-0.15, -0.1) is 0 Å². The maximum atomic E-state index is 9.39. The van der Waals surface area contributed by atoms with E-state index in [1.54, 1.807) is 7.11 Å². The molecule has 1 unspecified atom stereocenters. The normalized spacial score (nSPS) is 22.9. The zero-order valence-electron chi connectivity index (χ0n) is 14.9. The minimum atomic E-state index is 0.289. The molecule has 0 amide bonds. The van der Waals surface area contributed by atoms with Crippen LogP contribution in [0.3, 0.4) is 0 Å². The number of oxime groups is 1. The molecule has 0 saturated carbocycles. The SMILES string of the molecule is COc1ccc(C2=C(OCCC3CCCCO3)/C(=N/O)CCC2)cc1. The van der Waals surface area contributed by atoms with Gasteiger partial charge in [0.05, 0.1) is 19.8 Å². The van der Waals surface area contributed by atoms with E-state index < -0.39 is 0 Å². The lowest BCUT2D eigenvalue weighted by Gasteiger charge is -2.25. The van der Waals surface area contributed by atoms with Crippen molar-refractivity contribution in [1.82, 2.24) is 0 Å². The van der Waals surface area contributed by atoms with E-state index in [2.05, 4.69) is 5.16 Å². The van der Waals surface area contributed by atoms with Crippen LogP contribution in [-0.2, 0) is 9.47 Å². The molecule has 0 spiro atoms. The first-order chi connectivity index (χ1) is 12.3. The van der Waals surface area contributed by atoms with Gasteiger partial charge in [-0.1, -0.05) is 17.3 Å². The van der Waals surface area contributed by atoms with Crippen LogP contribution in [0.15, 0.2) is 35.2 Å². The van der Waals surface area contributed by atoms with Crippen molar-refractivity contribution in [2.75, 3.05) is 20.3 Å². The Morgan fingerprint density at radius 2 is 2.00 bits per heavy atom. The average Bonchev–Trinajstić information content (AvgIpc) is 2.69. The van der Waals surface area contributed by atoms with E-state index in [0.29, 0.717) is 12.3 Å². The van der Waals surface area contributed by atoms with E-state index in [4.69, 9.17) is 14.2 Å². The second kappa shape index (κ2) is 8.90. The van der Waals surface area contributed by atoms with Crippen molar-refractivity contribution < 1.29 is 19.4 Å². The molecule has 5 nitrogen and oxygen atoms in total. The van der Waals surface area contributed by atoms with Crippen molar-refractivity contribution in [3.05, 3.63) is 35.6 Å². The van der Waals surface area contributed by atoms with Gasteiger partial charge in [-0.25, -0.2) is 0 Å². The highest BCUT2D eigenvalue weighted by atomic mass is 16.5. The van der Waals surface area contributed by atoms with Crippen molar-refractivity contribution in [1.29, 1.82) is 0 Å². The fourth-order valence-electron chi connectivity index (χ4n) is 3.49. The molecule has 0 radical (unpaired) electrons. The number of hydrogen-bond acceptors (Lipinski definition) is 5. The maximum Gasteiger partial charge on any atom is 0.147 e. The van der Waals surface area contributed by atoms with Gasteiger partial charge in [0.25, 0.3) is 0 Å². The van der Waals surface area contributed by atoms with Gasteiger partial charge in [-0.3, -0.25) is 0 Å². The minimum Gasteiger partial charge on any atom is -0.497 e. The Morgan fingerprint density at radius 3 is 2.68 bits per heavy atom. The molecule has 136 valence electrons. The summed E-state index contributed by atoms with van der Waals surface area (Å²) >= 11 is 0. The summed E-state index contributed by atoms with van der Waals surface area (Å²) < 4.78 is 17.1. The molecular formula is C20H27NO4. The Bertz CT molecular complexity index is 615. The summed E-state index contributed by atoms with van der Waals surface area (Å²) in [5.74, 6) is 1.56. The predicted octanol–water partition coefficient (Wildman–Crippen LogP) is 4.40. The predicted molar refractivity (Wildman–Crippen MR) is 97.1 cm³/mol. The molecule has 1 heterocycles. The monoisotopic (exact) mass is 345 g/mol. The van der Waals surface area contributed by atoms with Crippen LogP contribution >= 0.6 is 0 Å². The summed E-state index contributed by atoms with van der Waals surface area (Å²) in [4.78, 5) is 0. The molecule has 1 saturated heterocycles. The first-order valence-corrected chi connectivity index (χ1v) is 9.15. The molecule has 1 N–H and O–H groups in total. The van der Waals surface area contributed by atoms with E-state index in [1.807, 2.05) is 24.3 Å². The number of hydrogen-bond donors (Lipinski definition) is 1. The van der Waals surface area contributed by atoms with Gasteiger partial charge in [0.15, 0.2) is 0 Å². The Hall–Kier alpha value is -2.01. The first kappa shape index (κ1) is 17.8. The topological polar surface area (TPSA) is 60.3 Å². The van der Waals surface area contributed by atoms with Crippen LogP contribution in [0.25, 0.3) is 5.57 Å². The Balaban J connectivity index is 1.74. The zero-order chi connectivity index (χ0) is 17.5. The van der Waals surface area contributed by atoms with E-state index in [-0.39, 0.29) is 6.10 Å². The molecule has 2 aliphatic rings. The number of rotatable bonds is 6. The van der Waals surface area contributed by atoms with E-state index in [1.165, 1.54) is 6.42 Å². The first-order valence-electron chi connectivity index (χ1n) is 9.15. The van der Waals surface area contributed by atoms with Crippen molar-refractivity contribution in [3.63, 3.8) is 0 Å². The quantitative estimate of drug-likeness (QED) is 0.613. The Labute approximate surface area is 149 Å². The van der Waals surface area contributed by atoms with Gasteiger partial charge in [0, 0.05) is 18.6 Å². The highest BCUT2D eigenvalue weighted by molar-refractivity contribution is 6.05. The summed E-state index contributed by atoms with van der Waals surface area (Å²) in [7, 11) is 1.66. The molecule has 0 bridgehead atoms. The Kier molecular flexibility index (Phi) is 6.34. The van der Waals surface area contributed by atoms with Crippen molar-refractivity contribution in [3.8, 4) is 5.75 Å². The number of allylic oxidation sites excluding steroid dienone is 2. The highest BCUT2D eigenvalue weighted by Crippen LogP contribution is 2.33. The van der Waals surface area contributed by atoms with Gasteiger partial charge >= 0.3 is 0 Å². The second-order valence-electron chi connectivity index (χ2n) is 6.56. The van der Waals surface area contributed by atoms with E-state index >= 15 is 0 Å². The summed E-state index contributed by atoms with van der Waals surface area (Å²) in [5, 5.41) is 12.9. The molecule has 0 aromatic heterocycles. The molecule has 25 heavy (non-hydrogen) atoms. The largest absolute Gasteiger partial charge is 0.497 e. The fourth-order valence-corrected chi connectivity index (χ4v) is 3.49. The molecule has 1 aromatic rings. The molecule has 1 aliphatic heterocycles. The van der Waals surface area contributed by atoms with Gasteiger partial charge in [-0.05, 0) is 56.2 Å². The lowest BCUT2D eigenvalue weighted by Crippen LogP contribution is -2.22. The van der Waals surface area contributed by atoms with Crippen molar-refractivity contribution >= 4 is 11.3 Å². The van der Waals surface area contributed by atoms with Crippen molar-refractivity contribution in [2.24, 2.45) is 5.16 Å². The summed E-state index contributed by atoms with van der Waals surface area (Å²) in [5.41, 5.74) is 2.83. The summed E-state index contributed by atoms with van der Waals surface area (Å²) in [6.07, 6.45) is 7.27. The third-order valence-electron chi connectivity index (χ3n) is 4.90. The van der Waals surface area contributed by atoms with Gasteiger partial charge < -0.3 is 19.4 Å². The molecule has 1 aliphatic carbocycles. The number of benzene rings is 1. The van der Waals surface area contributed by atoms with Crippen LogP contribution in [0.4, 0.5) is 0 Å². The Morgan fingerprint density at radius 1 is 1.16 bits per heavy atom. The lowest BCUT2D eigenvalue weighted by molar-refractivity contribution is -0.000113.